The Bertz CT molecular complexity index is 1380. The lowest BCUT2D eigenvalue weighted by molar-refractivity contribution is -0.137. The topological polar surface area (TPSA) is 76.4 Å². The molecule has 184 valence electrons. The van der Waals surface area contributed by atoms with Crippen molar-refractivity contribution in [1.29, 1.82) is 5.26 Å². The number of nitriles is 1. The van der Waals surface area contributed by atoms with E-state index in [4.69, 9.17) is 5.26 Å². The fourth-order valence-corrected chi connectivity index (χ4v) is 3.97. The van der Waals surface area contributed by atoms with Gasteiger partial charge in [-0.25, -0.2) is 14.1 Å². The number of nitrogens with zero attached hydrogens (tertiary/aromatic N) is 3. The molecule has 1 saturated heterocycles. The van der Waals surface area contributed by atoms with Gasteiger partial charge in [0, 0.05) is 11.4 Å². The smallest absolute Gasteiger partial charge is 0.355 e. The van der Waals surface area contributed by atoms with Crippen LogP contribution in [0.15, 0.2) is 66.7 Å². The minimum atomic E-state index is -4.84. The normalized spacial score (nSPS) is 15.2. The Balaban J connectivity index is 1.67. The molecule has 1 N–H and O–H groups in total. The molecule has 0 bridgehead atoms. The van der Waals surface area contributed by atoms with Crippen LogP contribution in [0.5, 0.6) is 0 Å². The van der Waals surface area contributed by atoms with Gasteiger partial charge in [-0.05, 0) is 67.9 Å². The van der Waals surface area contributed by atoms with Crippen molar-refractivity contribution in [2.75, 3.05) is 10.2 Å². The van der Waals surface area contributed by atoms with Crippen molar-refractivity contribution in [1.82, 2.24) is 4.90 Å². The lowest BCUT2D eigenvalue weighted by Gasteiger charge is -2.28. The number of imide groups is 1. The molecule has 4 rings (SSSR count). The van der Waals surface area contributed by atoms with E-state index >= 15 is 0 Å². The van der Waals surface area contributed by atoms with Crippen LogP contribution in [0.2, 0.25) is 0 Å². The molecule has 0 unspecified atom stereocenters. The first kappa shape index (κ1) is 24.7. The zero-order valence-corrected chi connectivity index (χ0v) is 19.2. The number of anilines is 3. The first-order valence-corrected chi connectivity index (χ1v) is 10.8. The predicted molar refractivity (Wildman–Crippen MR) is 125 cm³/mol. The van der Waals surface area contributed by atoms with E-state index in [1.165, 1.54) is 36.9 Å². The second kappa shape index (κ2) is 9.00. The maximum atomic E-state index is 13.5. The van der Waals surface area contributed by atoms with Crippen LogP contribution < -0.4 is 10.2 Å². The summed E-state index contributed by atoms with van der Waals surface area (Å²) in [6.45, 7) is 3.00. The third-order valence-electron chi connectivity index (χ3n) is 5.98. The number of urea groups is 1. The van der Waals surface area contributed by atoms with E-state index in [2.05, 4.69) is 5.32 Å². The van der Waals surface area contributed by atoms with Gasteiger partial charge < -0.3 is 10.2 Å². The van der Waals surface area contributed by atoms with E-state index in [0.29, 0.717) is 27.9 Å². The molecule has 6 nitrogen and oxygen atoms in total. The summed E-state index contributed by atoms with van der Waals surface area (Å²) in [5.74, 6) is -1.09. The van der Waals surface area contributed by atoms with Crippen LogP contribution in [0.25, 0.3) is 0 Å². The van der Waals surface area contributed by atoms with Crippen LogP contribution in [0.1, 0.15) is 30.5 Å². The third kappa shape index (κ3) is 4.47. The average Bonchev–Trinajstić information content (AvgIpc) is 3.00. The van der Waals surface area contributed by atoms with Gasteiger partial charge in [0.25, 0.3) is 5.91 Å². The average molecular weight is 496 g/mol. The van der Waals surface area contributed by atoms with Crippen LogP contribution in [0, 0.1) is 17.1 Å². The first-order valence-electron chi connectivity index (χ1n) is 10.8. The highest BCUT2D eigenvalue weighted by Crippen LogP contribution is 2.38. The van der Waals surface area contributed by atoms with Gasteiger partial charge in [-0.2, -0.15) is 18.4 Å². The Morgan fingerprint density at radius 3 is 2.31 bits per heavy atom. The maximum Gasteiger partial charge on any atom is 0.417 e. The van der Waals surface area contributed by atoms with E-state index in [1.807, 2.05) is 0 Å². The number of carbonyl (C=O) groups excluding carboxylic acids is 2. The summed E-state index contributed by atoms with van der Waals surface area (Å²) in [7, 11) is 0. The zero-order chi connectivity index (χ0) is 26.3. The molecule has 36 heavy (non-hydrogen) atoms. The van der Waals surface area contributed by atoms with Crippen molar-refractivity contribution in [3.8, 4) is 6.07 Å². The molecule has 3 amide bonds. The van der Waals surface area contributed by atoms with Crippen molar-refractivity contribution in [2.24, 2.45) is 0 Å². The number of benzene rings is 3. The predicted octanol–water partition coefficient (Wildman–Crippen LogP) is 6.21. The highest BCUT2D eigenvalue weighted by molar-refractivity contribution is 6.23. The van der Waals surface area contributed by atoms with Crippen LogP contribution >= 0.6 is 0 Å². The van der Waals surface area contributed by atoms with Gasteiger partial charge in [0.1, 0.15) is 11.4 Å². The molecule has 0 aliphatic carbocycles. The standard InChI is InChI=1S/C26H20F4N4O2/c1-25(2)23(35)34(20-12-7-16(14-31)21(13-20)26(28,29)30)24(36)33(25)15-17-5-3-4-6-22(17)32-19-10-8-18(27)9-11-19/h3-13,32H,15H2,1-2H3. The molecule has 3 aromatic rings. The SMILES string of the molecule is CC1(C)C(=O)N(c2ccc(C#N)c(C(F)(F)F)c2)C(=O)N1Cc1ccccc1Nc1ccc(F)cc1. The van der Waals surface area contributed by atoms with E-state index in [9.17, 15) is 27.2 Å². The molecule has 0 radical (unpaired) electrons. The third-order valence-corrected chi connectivity index (χ3v) is 5.98. The Morgan fingerprint density at radius 1 is 1.00 bits per heavy atom. The largest absolute Gasteiger partial charge is 0.417 e. The second-order valence-electron chi connectivity index (χ2n) is 8.70. The van der Waals surface area contributed by atoms with Crippen LogP contribution in [-0.2, 0) is 17.5 Å². The number of alkyl halides is 3. The number of rotatable bonds is 5. The Labute approximate surface area is 204 Å². The number of hydrogen-bond acceptors (Lipinski definition) is 4. The molecule has 1 fully saturated rings. The molecular formula is C26H20F4N4O2. The number of para-hydroxylation sites is 1. The summed E-state index contributed by atoms with van der Waals surface area (Å²) < 4.78 is 53.7. The molecular weight excluding hydrogens is 476 g/mol. The maximum absolute atomic E-state index is 13.5. The van der Waals surface area contributed by atoms with E-state index in [1.54, 1.807) is 36.4 Å². The molecule has 1 heterocycles. The summed E-state index contributed by atoms with van der Waals surface area (Å²) in [5, 5.41) is 12.2. The van der Waals surface area contributed by atoms with Gasteiger partial charge in [-0.15, -0.1) is 0 Å². The minimum absolute atomic E-state index is 0.0269. The van der Waals surface area contributed by atoms with Crippen molar-refractivity contribution >= 4 is 29.0 Å². The van der Waals surface area contributed by atoms with Gasteiger partial charge in [-0.3, -0.25) is 4.79 Å². The van der Waals surface area contributed by atoms with Gasteiger partial charge in [0.2, 0.25) is 0 Å². The van der Waals surface area contributed by atoms with E-state index in [0.717, 1.165) is 12.1 Å². The van der Waals surface area contributed by atoms with Gasteiger partial charge in [-0.1, -0.05) is 18.2 Å². The monoisotopic (exact) mass is 496 g/mol. The summed E-state index contributed by atoms with van der Waals surface area (Å²) >= 11 is 0. The van der Waals surface area contributed by atoms with Gasteiger partial charge in [0.05, 0.1) is 29.4 Å². The molecule has 10 heteroatoms. The molecule has 0 spiro atoms. The van der Waals surface area contributed by atoms with E-state index in [-0.39, 0.29) is 12.2 Å². The fourth-order valence-electron chi connectivity index (χ4n) is 3.97. The highest BCUT2D eigenvalue weighted by Gasteiger charge is 2.52. The van der Waals surface area contributed by atoms with Crippen molar-refractivity contribution < 1.29 is 27.2 Å². The lowest BCUT2D eigenvalue weighted by atomic mass is 10.0. The molecule has 3 aromatic carbocycles. The highest BCUT2D eigenvalue weighted by atomic mass is 19.4. The van der Waals surface area contributed by atoms with Crippen molar-refractivity contribution in [3.05, 3.63) is 89.2 Å². The summed E-state index contributed by atoms with van der Waals surface area (Å²) in [6.07, 6.45) is -4.84. The van der Waals surface area contributed by atoms with Crippen LogP contribution in [0.3, 0.4) is 0 Å². The molecule has 0 saturated carbocycles. The Morgan fingerprint density at radius 2 is 1.67 bits per heavy atom. The van der Waals surface area contributed by atoms with Crippen molar-refractivity contribution in [3.63, 3.8) is 0 Å². The first-order chi connectivity index (χ1) is 16.9. The van der Waals surface area contributed by atoms with Gasteiger partial charge in [0.15, 0.2) is 0 Å². The molecule has 0 aromatic heterocycles. The number of amides is 3. The molecule has 0 atom stereocenters. The van der Waals surface area contributed by atoms with Crippen LogP contribution in [0.4, 0.5) is 39.4 Å². The molecule has 1 aliphatic rings. The quantitative estimate of drug-likeness (QED) is 0.337. The number of nitrogens with one attached hydrogen (secondary N) is 1. The minimum Gasteiger partial charge on any atom is -0.355 e. The Hall–Kier alpha value is -4.39. The second-order valence-corrected chi connectivity index (χ2v) is 8.70. The number of carbonyl (C=O) groups is 2. The van der Waals surface area contributed by atoms with Crippen LogP contribution in [-0.4, -0.2) is 22.4 Å². The van der Waals surface area contributed by atoms with Gasteiger partial charge >= 0.3 is 12.2 Å². The summed E-state index contributed by atoms with van der Waals surface area (Å²) in [5.41, 5.74) is -1.64. The van der Waals surface area contributed by atoms with E-state index < -0.39 is 40.6 Å². The number of halogens is 4. The number of hydrogen-bond donors (Lipinski definition) is 1. The summed E-state index contributed by atoms with van der Waals surface area (Å²) in [4.78, 5) is 28.6. The Kier molecular flexibility index (Phi) is 6.18. The summed E-state index contributed by atoms with van der Waals surface area (Å²) in [6, 6.07) is 16.1. The molecule has 1 aliphatic heterocycles. The lowest BCUT2D eigenvalue weighted by Crippen LogP contribution is -2.43. The fraction of sp³-hybridized carbons (Fsp3) is 0.192. The van der Waals surface area contributed by atoms with Crippen molar-refractivity contribution in [2.45, 2.75) is 32.1 Å². The zero-order valence-electron chi connectivity index (χ0n) is 19.2.